The second-order valence-electron chi connectivity index (χ2n) is 5.51. The Kier molecular flexibility index (Phi) is 4.59. The number of halogens is 2. The van der Waals surface area contributed by atoms with Gasteiger partial charge in [0.15, 0.2) is 5.82 Å². The summed E-state index contributed by atoms with van der Waals surface area (Å²) in [6.07, 6.45) is 2.13. The van der Waals surface area contributed by atoms with Crippen LogP contribution >= 0.6 is 11.6 Å². The number of carbonyl (C=O) groups is 1. The van der Waals surface area contributed by atoms with Gasteiger partial charge in [0.2, 0.25) is 0 Å². The van der Waals surface area contributed by atoms with E-state index >= 15 is 0 Å². The number of amides is 1. The third kappa shape index (κ3) is 3.21. The van der Waals surface area contributed by atoms with E-state index in [1.54, 1.807) is 11.0 Å². The van der Waals surface area contributed by atoms with Crippen LogP contribution in [0.25, 0.3) is 0 Å². The van der Waals surface area contributed by atoms with Crippen LogP contribution < -0.4 is 0 Å². The predicted octanol–water partition coefficient (Wildman–Crippen LogP) is 3.48. The number of morpholine rings is 1. The van der Waals surface area contributed by atoms with Crippen molar-refractivity contribution in [2.45, 2.75) is 19.1 Å². The summed E-state index contributed by atoms with van der Waals surface area (Å²) in [6, 6.07) is 8.62. The number of pyridine rings is 1. The molecule has 2 aromatic rings. The first-order valence-electron chi connectivity index (χ1n) is 7.34. The monoisotopic (exact) mass is 334 g/mol. The molecule has 1 aromatic heterocycles. The molecule has 3 rings (SSSR count). The first-order chi connectivity index (χ1) is 11.1. The van der Waals surface area contributed by atoms with Crippen molar-refractivity contribution in [1.82, 2.24) is 9.88 Å². The maximum atomic E-state index is 13.8. The SMILES string of the molecule is C[C@@H]1CO[C@H](c2ccccc2Cl)CN1C(=O)c1ccncc1F. The van der Waals surface area contributed by atoms with Gasteiger partial charge in [-0.2, -0.15) is 0 Å². The van der Waals surface area contributed by atoms with Gasteiger partial charge in [0, 0.05) is 16.8 Å². The van der Waals surface area contributed by atoms with E-state index in [9.17, 15) is 9.18 Å². The number of benzene rings is 1. The minimum absolute atomic E-state index is 0.0201. The van der Waals surface area contributed by atoms with Crippen molar-refractivity contribution in [3.8, 4) is 0 Å². The molecule has 2 heterocycles. The average Bonchev–Trinajstić information content (AvgIpc) is 2.56. The van der Waals surface area contributed by atoms with Crippen molar-refractivity contribution in [2.75, 3.05) is 13.2 Å². The van der Waals surface area contributed by atoms with Crippen molar-refractivity contribution < 1.29 is 13.9 Å². The summed E-state index contributed by atoms with van der Waals surface area (Å²) in [4.78, 5) is 18.0. The highest BCUT2D eigenvalue weighted by Gasteiger charge is 2.32. The molecule has 23 heavy (non-hydrogen) atoms. The van der Waals surface area contributed by atoms with Crippen LogP contribution in [-0.4, -0.2) is 35.0 Å². The van der Waals surface area contributed by atoms with Gasteiger partial charge in [0.25, 0.3) is 5.91 Å². The van der Waals surface area contributed by atoms with Crippen molar-refractivity contribution in [3.05, 3.63) is 64.7 Å². The lowest BCUT2D eigenvalue weighted by Gasteiger charge is -2.38. The van der Waals surface area contributed by atoms with E-state index in [0.717, 1.165) is 11.8 Å². The molecule has 1 aliphatic rings. The lowest BCUT2D eigenvalue weighted by Crippen LogP contribution is -2.48. The Morgan fingerprint density at radius 2 is 2.17 bits per heavy atom. The Labute approximate surface area is 138 Å². The Hall–Kier alpha value is -1.98. The van der Waals surface area contributed by atoms with Crippen molar-refractivity contribution >= 4 is 17.5 Å². The number of ether oxygens (including phenoxy) is 1. The van der Waals surface area contributed by atoms with Crippen LogP contribution in [0, 0.1) is 5.82 Å². The summed E-state index contributed by atoms with van der Waals surface area (Å²) in [6.45, 7) is 2.57. The first kappa shape index (κ1) is 15.9. The van der Waals surface area contributed by atoms with Crippen LogP contribution in [0.3, 0.4) is 0 Å². The quantitative estimate of drug-likeness (QED) is 0.844. The van der Waals surface area contributed by atoms with Crippen LogP contribution in [0.5, 0.6) is 0 Å². The summed E-state index contributed by atoms with van der Waals surface area (Å²) in [5.41, 5.74) is 0.848. The van der Waals surface area contributed by atoms with E-state index < -0.39 is 5.82 Å². The lowest BCUT2D eigenvalue weighted by atomic mass is 10.0. The number of aromatic nitrogens is 1. The van der Waals surface area contributed by atoms with Gasteiger partial charge in [0.1, 0.15) is 6.10 Å². The highest BCUT2D eigenvalue weighted by atomic mass is 35.5. The Morgan fingerprint density at radius 1 is 1.39 bits per heavy atom. The minimum Gasteiger partial charge on any atom is -0.369 e. The molecule has 0 N–H and O–H groups in total. The van der Waals surface area contributed by atoms with Crippen LogP contribution in [0.4, 0.5) is 4.39 Å². The van der Waals surface area contributed by atoms with Gasteiger partial charge >= 0.3 is 0 Å². The molecular formula is C17H16ClFN2O2. The summed E-state index contributed by atoms with van der Waals surface area (Å²) < 4.78 is 19.7. The van der Waals surface area contributed by atoms with Gasteiger partial charge in [-0.3, -0.25) is 9.78 Å². The topological polar surface area (TPSA) is 42.4 Å². The number of carbonyl (C=O) groups excluding carboxylic acids is 1. The molecule has 0 spiro atoms. The molecule has 6 heteroatoms. The van der Waals surface area contributed by atoms with E-state index in [0.29, 0.717) is 18.2 Å². The summed E-state index contributed by atoms with van der Waals surface area (Å²) in [5.74, 6) is -0.983. The molecule has 1 aliphatic heterocycles. The molecule has 0 saturated carbocycles. The summed E-state index contributed by atoms with van der Waals surface area (Å²) in [5, 5.41) is 0.592. The zero-order chi connectivity index (χ0) is 16.4. The fraction of sp³-hybridized carbons (Fsp3) is 0.294. The molecule has 1 aromatic carbocycles. The molecule has 0 unspecified atom stereocenters. The molecule has 4 nitrogen and oxygen atoms in total. The van der Waals surface area contributed by atoms with Gasteiger partial charge in [0.05, 0.1) is 31.0 Å². The highest BCUT2D eigenvalue weighted by molar-refractivity contribution is 6.31. The average molecular weight is 335 g/mol. The molecule has 1 fully saturated rings. The minimum atomic E-state index is -0.620. The van der Waals surface area contributed by atoms with Crippen LogP contribution in [-0.2, 0) is 4.74 Å². The molecule has 120 valence electrons. The van der Waals surface area contributed by atoms with Crippen molar-refractivity contribution in [2.24, 2.45) is 0 Å². The van der Waals surface area contributed by atoms with E-state index in [1.807, 2.05) is 25.1 Å². The van der Waals surface area contributed by atoms with Gasteiger partial charge < -0.3 is 9.64 Å². The number of hydrogen-bond donors (Lipinski definition) is 0. The fourth-order valence-corrected chi connectivity index (χ4v) is 2.92. The number of hydrogen-bond acceptors (Lipinski definition) is 3. The number of rotatable bonds is 2. The smallest absolute Gasteiger partial charge is 0.257 e. The lowest BCUT2D eigenvalue weighted by molar-refractivity contribution is -0.0487. The molecule has 1 amide bonds. The van der Waals surface area contributed by atoms with Gasteiger partial charge in [-0.25, -0.2) is 4.39 Å². The first-order valence-corrected chi connectivity index (χ1v) is 7.72. The second kappa shape index (κ2) is 6.64. The van der Waals surface area contributed by atoms with Crippen LogP contribution in [0.1, 0.15) is 28.9 Å². The Morgan fingerprint density at radius 3 is 2.91 bits per heavy atom. The molecule has 0 radical (unpaired) electrons. The standard InChI is InChI=1S/C17H16ClFN2O2/c1-11-10-23-16(12-4-2-3-5-14(12)18)9-21(11)17(22)13-6-7-20-8-15(13)19/h2-8,11,16H,9-10H2,1H3/t11-,16+/m1/s1. The normalized spacial score (nSPS) is 21.3. The molecular weight excluding hydrogens is 319 g/mol. The van der Waals surface area contributed by atoms with E-state index in [1.165, 1.54) is 12.3 Å². The predicted molar refractivity (Wildman–Crippen MR) is 84.8 cm³/mol. The van der Waals surface area contributed by atoms with Gasteiger partial charge in [-0.15, -0.1) is 0 Å². The Bertz CT molecular complexity index is 725. The maximum absolute atomic E-state index is 13.8. The second-order valence-corrected chi connectivity index (χ2v) is 5.91. The maximum Gasteiger partial charge on any atom is 0.257 e. The van der Waals surface area contributed by atoms with E-state index in [2.05, 4.69) is 4.98 Å². The van der Waals surface area contributed by atoms with Gasteiger partial charge in [-0.1, -0.05) is 29.8 Å². The highest BCUT2D eigenvalue weighted by Crippen LogP contribution is 2.30. The van der Waals surface area contributed by atoms with Crippen molar-refractivity contribution in [3.63, 3.8) is 0 Å². The van der Waals surface area contributed by atoms with Crippen molar-refractivity contribution in [1.29, 1.82) is 0 Å². The largest absolute Gasteiger partial charge is 0.369 e. The van der Waals surface area contributed by atoms with Crippen LogP contribution in [0.2, 0.25) is 5.02 Å². The van der Waals surface area contributed by atoms with Crippen LogP contribution in [0.15, 0.2) is 42.7 Å². The third-order valence-corrected chi connectivity index (χ3v) is 4.29. The van der Waals surface area contributed by atoms with Gasteiger partial charge in [-0.05, 0) is 19.1 Å². The van der Waals surface area contributed by atoms with E-state index in [-0.39, 0.29) is 23.6 Å². The Balaban J connectivity index is 1.86. The molecule has 1 saturated heterocycles. The zero-order valence-electron chi connectivity index (χ0n) is 12.6. The third-order valence-electron chi connectivity index (χ3n) is 3.95. The summed E-state index contributed by atoms with van der Waals surface area (Å²) in [7, 11) is 0. The molecule has 0 bridgehead atoms. The summed E-state index contributed by atoms with van der Waals surface area (Å²) >= 11 is 6.21. The number of nitrogens with zero attached hydrogens (tertiary/aromatic N) is 2. The fourth-order valence-electron chi connectivity index (χ4n) is 2.67. The molecule has 2 atom stereocenters. The zero-order valence-corrected chi connectivity index (χ0v) is 13.3. The molecule has 0 aliphatic carbocycles. The van der Waals surface area contributed by atoms with E-state index in [4.69, 9.17) is 16.3 Å².